The van der Waals surface area contributed by atoms with Gasteiger partial charge in [0.05, 0.1) is 12.7 Å². The molecule has 0 unspecified atom stereocenters. The molecule has 0 aromatic heterocycles. The third-order valence-corrected chi connectivity index (χ3v) is 2.13. The van der Waals surface area contributed by atoms with Gasteiger partial charge >= 0.3 is 5.97 Å². The van der Waals surface area contributed by atoms with E-state index in [0.717, 1.165) is 17.7 Å². The number of carbonyl (C=O) groups is 1. The van der Waals surface area contributed by atoms with E-state index in [9.17, 15) is 4.79 Å². The van der Waals surface area contributed by atoms with Crippen molar-refractivity contribution in [1.82, 2.24) is 0 Å². The number of rotatable bonds is 6. The van der Waals surface area contributed by atoms with Crippen LogP contribution in [-0.2, 0) is 9.53 Å². The van der Waals surface area contributed by atoms with Crippen molar-refractivity contribution in [1.29, 1.82) is 0 Å². The van der Waals surface area contributed by atoms with Crippen LogP contribution in [0, 0.1) is 0 Å². The second-order valence-corrected chi connectivity index (χ2v) is 4.21. The van der Waals surface area contributed by atoms with Gasteiger partial charge in [-0.25, -0.2) is 4.79 Å². The Bertz CT molecular complexity index is 408. The van der Waals surface area contributed by atoms with Crippen molar-refractivity contribution in [2.24, 2.45) is 0 Å². The van der Waals surface area contributed by atoms with Gasteiger partial charge in [0.25, 0.3) is 0 Å². The van der Waals surface area contributed by atoms with Gasteiger partial charge in [0.2, 0.25) is 0 Å². The van der Waals surface area contributed by atoms with Gasteiger partial charge in [-0.3, -0.25) is 0 Å². The number of ether oxygens (including phenoxy) is 2. The Hall–Kier alpha value is -1.77. The average Bonchev–Trinajstić information content (AvgIpc) is 2.34. The molecule has 98 valence electrons. The van der Waals surface area contributed by atoms with Gasteiger partial charge in [-0.1, -0.05) is 25.1 Å². The SMILES string of the molecule is CCCOC(=O)/C=C/c1ccccc1OC(C)C. The van der Waals surface area contributed by atoms with Gasteiger partial charge in [0.15, 0.2) is 0 Å². The second kappa shape index (κ2) is 7.54. The van der Waals surface area contributed by atoms with E-state index in [1.54, 1.807) is 6.08 Å². The highest BCUT2D eigenvalue weighted by atomic mass is 16.5. The van der Waals surface area contributed by atoms with Crippen LogP contribution in [0.1, 0.15) is 32.8 Å². The third kappa shape index (κ3) is 5.04. The molecule has 0 atom stereocenters. The maximum absolute atomic E-state index is 11.4. The highest BCUT2D eigenvalue weighted by Gasteiger charge is 2.03. The summed E-state index contributed by atoms with van der Waals surface area (Å²) in [7, 11) is 0. The number of carbonyl (C=O) groups excluding carboxylic acids is 1. The lowest BCUT2D eigenvalue weighted by molar-refractivity contribution is -0.137. The summed E-state index contributed by atoms with van der Waals surface area (Å²) in [5.41, 5.74) is 0.875. The van der Waals surface area contributed by atoms with Crippen molar-refractivity contribution >= 4 is 12.0 Å². The number of hydrogen-bond donors (Lipinski definition) is 0. The van der Waals surface area contributed by atoms with Crippen molar-refractivity contribution in [3.63, 3.8) is 0 Å². The van der Waals surface area contributed by atoms with Crippen LogP contribution in [0.15, 0.2) is 30.3 Å². The molecule has 0 saturated heterocycles. The summed E-state index contributed by atoms with van der Waals surface area (Å²) in [5, 5.41) is 0. The Kier molecular flexibility index (Phi) is 5.98. The Labute approximate surface area is 108 Å². The van der Waals surface area contributed by atoms with E-state index in [4.69, 9.17) is 9.47 Å². The maximum atomic E-state index is 11.4. The van der Waals surface area contributed by atoms with Gasteiger partial charge in [-0.15, -0.1) is 0 Å². The van der Waals surface area contributed by atoms with Crippen LogP contribution in [0.3, 0.4) is 0 Å². The van der Waals surface area contributed by atoms with Crippen LogP contribution >= 0.6 is 0 Å². The summed E-state index contributed by atoms with van der Waals surface area (Å²) >= 11 is 0. The average molecular weight is 248 g/mol. The summed E-state index contributed by atoms with van der Waals surface area (Å²) in [5.74, 6) is 0.447. The lowest BCUT2D eigenvalue weighted by atomic mass is 10.2. The lowest BCUT2D eigenvalue weighted by Crippen LogP contribution is -2.06. The molecule has 1 aromatic carbocycles. The molecule has 0 radical (unpaired) electrons. The summed E-state index contributed by atoms with van der Waals surface area (Å²) < 4.78 is 10.6. The molecule has 0 fully saturated rings. The monoisotopic (exact) mass is 248 g/mol. The minimum atomic E-state index is -0.323. The van der Waals surface area contributed by atoms with E-state index < -0.39 is 0 Å². The summed E-state index contributed by atoms with van der Waals surface area (Å²) in [4.78, 5) is 11.4. The van der Waals surface area contributed by atoms with Crippen molar-refractivity contribution < 1.29 is 14.3 Å². The van der Waals surface area contributed by atoms with Gasteiger partial charge in [0, 0.05) is 11.6 Å². The fourth-order valence-electron chi connectivity index (χ4n) is 1.39. The molecular weight excluding hydrogens is 228 g/mol. The molecule has 0 bridgehead atoms. The quantitative estimate of drug-likeness (QED) is 0.571. The molecule has 0 aliphatic carbocycles. The predicted octanol–water partition coefficient (Wildman–Crippen LogP) is 3.44. The Morgan fingerprint density at radius 3 is 2.72 bits per heavy atom. The van der Waals surface area contributed by atoms with Gasteiger partial charge in [-0.2, -0.15) is 0 Å². The maximum Gasteiger partial charge on any atom is 0.330 e. The molecule has 1 rings (SSSR count). The predicted molar refractivity (Wildman–Crippen MR) is 72.5 cm³/mol. The van der Waals surface area contributed by atoms with Crippen LogP contribution < -0.4 is 4.74 Å². The molecule has 18 heavy (non-hydrogen) atoms. The largest absolute Gasteiger partial charge is 0.490 e. The van der Waals surface area contributed by atoms with E-state index in [1.165, 1.54) is 6.08 Å². The fourth-order valence-corrected chi connectivity index (χ4v) is 1.39. The number of para-hydroxylation sites is 1. The highest BCUT2D eigenvalue weighted by molar-refractivity contribution is 5.87. The molecule has 0 aliphatic heterocycles. The van der Waals surface area contributed by atoms with Gasteiger partial charge < -0.3 is 9.47 Å². The zero-order chi connectivity index (χ0) is 13.4. The van der Waals surface area contributed by atoms with Crippen molar-refractivity contribution in [3.8, 4) is 5.75 Å². The number of hydrogen-bond acceptors (Lipinski definition) is 3. The topological polar surface area (TPSA) is 35.5 Å². The molecule has 0 heterocycles. The third-order valence-electron chi connectivity index (χ3n) is 2.13. The molecule has 0 amide bonds. The van der Waals surface area contributed by atoms with Crippen LogP contribution in [0.25, 0.3) is 6.08 Å². The molecule has 0 aliphatic rings. The number of benzene rings is 1. The smallest absolute Gasteiger partial charge is 0.330 e. The van der Waals surface area contributed by atoms with E-state index in [2.05, 4.69) is 0 Å². The highest BCUT2D eigenvalue weighted by Crippen LogP contribution is 2.20. The Morgan fingerprint density at radius 2 is 2.06 bits per heavy atom. The first-order valence-electron chi connectivity index (χ1n) is 6.24. The first-order chi connectivity index (χ1) is 8.63. The zero-order valence-corrected chi connectivity index (χ0v) is 11.2. The minimum absolute atomic E-state index is 0.103. The van der Waals surface area contributed by atoms with E-state index in [0.29, 0.717) is 6.61 Å². The summed E-state index contributed by atoms with van der Waals surface area (Å²) in [6, 6.07) is 7.60. The van der Waals surface area contributed by atoms with Crippen LogP contribution in [-0.4, -0.2) is 18.7 Å². The summed E-state index contributed by atoms with van der Waals surface area (Å²) in [6.45, 7) is 6.35. The molecule has 0 saturated carbocycles. The molecular formula is C15H20O3. The molecule has 0 N–H and O–H groups in total. The molecule has 0 spiro atoms. The summed E-state index contributed by atoms with van der Waals surface area (Å²) in [6.07, 6.45) is 4.08. The van der Waals surface area contributed by atoms with Crippen LogP contribution in [0.5, 0.6) is 5.75 Å². The van der Waals surface area contributed by atoms with Crippen LogP contribution in [0.4, 0.5) is 0 Å². The molecule has 3 heteroatoms. The molecule has 3 nitrogen and oxygen atoms in total. The Balaban J connectivity index is 2.71. The van der Waals surface area contributed by atoms with E-state index >= 15 is 0 Å². The molecule has 1 aromatic rings. The normalized spacial score (nSPS) is 10.9. The van der Waals surface area contributed by atoms with Gasteiger partial charge in [0.1, 0.15) is 5.75 Å². The van der Waals surface area contributed by atoms with Crippen LogP contribution in [0.2, 0.25) is 0 Å². The number of esters is 1. The zero-order valence-electron chi connectivity index (χ0n) is 11.2. The van der Waals surface area contributed by atoms with Gasteiger partial charge in [-0.05, 0) is 32.4 Å². The van der Waals surface area contributed by atoms with E-state index in [1.807, 2.05) is 45.0 Å². The van der Waals surface area contributed by atoms with E-state index in [-0.39, 0.29) is 12.1 Å². The first kappa shape index (κ1) is 14.3. The Morgan fingerprint density at radius 1 is 1.33 bits per heavy atom. The van der Waals surface area contributed by atoms with Crippen molar-refractivity contribution in [2.75, 3.05) is 6.61 Å². The van der Waals surface area contributed by atoms with Crippen molar-refractivity contribution in [2.45, 2.75) is 33.3 Å². The minimum Gasteiger partial charge on any atom is -0.490 e. The lowest BCUT2D eigenvalue weighted by Gasteiger charge is -2.11. The van der Waals surface area contributed by atoms with Crippen molar-refractivity contribution in [3.05, 3.63) is 35.9 Å². The second-order valence-electron chi connectivity index (χ2n) is 4.21. The first-order valence-corrected chi connectivity index (χ1v) is 6.24. The fraction of sp³-hybridized carbons (Fsp3) is 0.400. The standard InChI is InChI=1S/C15H20O3/c1-4-11-17-15(16)10-9-13-7-5-6-8-14(13)18-12(2)3/h5-10,12H,4,11H2,1-3H3/b10-9+.